The van der Waals surface area contributed by atoms with Crippen molar-refractivity contribution in [3.05, 3.63) is 42.0 Å². The van der Waals surface area contributed by atoms with E-state index in [1.807, 2.05) is 30.3 Å². The van der Waals surface area contributed by atoms with Crippen molar-refractivity contribution in [1.29, 1.82) is 0 Å². The van der Waals surface area contributed by atoms with E-state index in [2.05, 4.69) is 0 Å². The van der Waals surface area contributed by atoms with Gasteiger partial charge in [-0.25, -0.2) is 4.57 Å². The number of carbonyl (C=O) groups excluding carboxylic acids is 1. The Labute approximate surface area is 125 Å². The van der Waals surface area contributed by atoms with E-state index >= 15 is 0 Å². The first kappa shape index (κ1) is 17.6. The summed E-state index contributed by atoms with van der Waals surface area (Å²) in [5, 5.41) is 0. The van der Waals surface area contributed by atoms with Crippen LogP contribution in [0.15, 0.2) is 36.4 Å². The Balaban J connectivity index is 2.98. The van der Waals surface area contributed by atoms with Crippen LogP contribution in [-0.2, 0) is 22.9 Å². The molecule has 116 valence electrons. The van der Waals surface area contributed by atoms with Gasteiger partial charge in [-0.15, -0.1) is 0 Å². The standard InChI is InChI=1S/C15H21O5P/c1-3-18-21(17,19-4-2)20-15(12-8-9-13-16)14-10-6-5-7-11-14/h5-7,10-13H,3-4,8-9H2,1-2H3/b15-12-. The first-order valence-electron chi connectivity index (χ1n) is 6.93. The second kappa shape index (κ2) is 9.50. The Morgan fingerprint density at radius 1 is 1.10 bits per heavy atom. The molecule has 1 rings (SSSR count). The second-order valence-electron chi connectivity index (χ2n) is 4.05. The van der Waals surface area contributed by atoms with Gasteiger partial charge in [0, 0.05) is 12.0 Å². The lowest BCUT2D eigenvalue weighted by molar-refractivity contribution is -0.107. The van der Waals surface area contributed by atoms with E-state index in [9.17, 15) is 9.36 Å². The summed E-state index contributed by atoms with van der Waals surface area (Å²) >= 11 is 0. The van der Waals surface area contributed by atoms with Gasteiger partial charge < -0.3 is 9.32 Å². The van der Waals surface area contributed by atoms with Crippen molar-refractivity contribution >= 4 is 19.9 Å². The third kappa shape index (κ3) is 6.25. The molecule has 0 saturated carbocycles. The van der Waals surface area contributed by atoms with Crippen LogP contribution in [0.3, 0.4) is 0 Å². The van der Waals surface area contributed by atoms with E-state index in [1.165, 1.54) is 0 Å². The molecule has 5 nitrogen and oxygen atoms in total. The van der Waals surface area contributed by atoms with Gasteiger partial charge in [0.2, 0.25) is 0 Å². The number of phosphoric acid groups is 1. The Morgan fingerprint density at radius 2 is 1.71 bits per heavy atom. The number of hydrogen-bond donors (Lipinski definition) is 0. The molecular formula is C15H21O5P. The summed E-state index contributed by atoms with van der Waals surface area (Å²) < 4.78 is 28.2. The average molecular weight is 312 g/mol. The van der Waals surface area contributed by atoms with Crippen LogP contribution in [0.1, 0.15) is 32.3 Å². The van der Waals surface area contributed by atoms with Crippen LogP contribution in [-0.4, -0.2) is 19.5 Å². The van der Waals surface area contributed by atoms with Gasteiger partial charge in [0.15, 0.2) is 0 Å². The van der Waals surface area contributed by atoms with Crippen LogP contribution in [0.5, 0.6) is 0 Å². The third-order valence-corrected chi connectivity index (χ3v) is 4.03. The predicted octanol–water partition coefficient (Wildman–Crippen LogP) is 4.20. The van der Waals surface area contributed by atoms with E-state index < -0.39 is 7.82 Å². The van der Waals surface area contributed by atoms with Crippen molar-refractivity contribution in [2.45, 2.75) is 26.7 Å². The van der Waals surface area contributed by atoms with Crippen molar-refractivity contribution < 1.29 is 22.9 Å². The maximum Gasteiger partial charge on any atom is 0.530 e. The number of unbranched alkanes of at least 4 members (excludes halogenated alkanes) is 1. The molecular weight excluding hydrogens is 291 g/mol. The van der Waals surface area contributed by atoms with Crippen molar-refractivity contribution in [3.63, 3.8) is 0 Å². The van der Waals surface area contributed by atoms with Gasteiger partial charge >= 0.3 is 7.82 Å². The van der Waals surface area contributed by atoms with Crippen LogP contribution < -0.4 is 0 Å². The van der Waals surface area contributed by atoms with Crippen molar-refractivity contribution in [3.8, 4) is 0 Å². The van der Waals surface area contributed by atoms with Gasteiger partial charge in [0.1, 0.15) is 12.0 Å². The van der Waals surface area contributed by atoms with E-state index in [4.69, 9.17) is 13.6 Å². The number of phosphoric ester groups is 1. The molecule has 0 aromatic heterocycles. The molecule has 0 atom stereocenters. The topological polar surface area (TPSA) is 61.8 Å². The number of rotatable bonds is 10. The quantitative estimate of drug-likeness (QED) is 0.280. The fourth-order valence-corrected chi connectivity index (χ4v) is 2.85. The fraction of sp³-hybridized carbons (Fsp3) is 0.400. The number of allylic oxidation sites excluding steroid dienone is 1. The molecule has 0 heterocycles. The normalized spacial score (nSPS) is 12.2. The highest BCUT2D eigenvalue weighted by atomic mass is 31.2. The molecule has 6 heteroatoms. The number of hydrogen-bond acceptors (Lipinski definition) is 5. The van der Waals surface area contributed by atoms with Crippen molar-refractivity contribution in [2.75, 3.05) is 13.2 Å². The zero-order valence-corrected chi connectivity index (χ0v) is 13.3. The molecule has 21 heavy (non-hydrogen) atoms. The highest BCUT2D eigenvalue weighted by Gasteiger charge is 2.28. The Morgan fingerprint density at radius 3 is 2.24 bits per heavy atom. The van der Waals surface area contributed by atoms with E-state index in [1.54, 1.807) is 19.9 Å². The maximum absolute atomic E-state index is 12.5. The van der Waals surface area contributed by atoms with Gasteiger partial charge in [0.25, 0.3) is 0 Å². The summed E-state index contributed by atoms with van der Waals surface area (Å²) in [5.74, 6) is 0.391. The molecule has 0 fully saturated rings. The highest BCUT2D eigenvalue weighted by molar-refractivity contribution is 7.48. The number of benzene rings is 1. The first-order chi connectivity index (χ1) is 10.1. The van der Waals surface area contributed by atoms with Crippen LogP contribution in [0.25, 0.3) is 5.76 Å². The summed E-state index contributed by atoms with van der Waals surface area (Å²) in [7, 11) is -3.65. The van der Waals surface area contributed by atoms with Gasteiger partial charge in [-0.05, 0) is 26.3 Å². The van der Waals surface area contributed by atoms with Crippen LogP contribution in [0.4, 0.5) is 0 Å². The van der Waals surface area contributed by atoms with E-state index in [0.29, 0.717) is 18.6 Å². The molecule has 1 aromatic carbocycles. The predicted molar refractivity (Wildman–Crippen MR) is 81.7 cm³/mol. The second-order valence-corrected chi connectivity index (χ2v) is 5.65. The molecule has 0 unspecified atom stereocenters. The van der Waals surface area contributed by atoms with E-state index in [-0.39, 0.29) is 13.2 Å². The molecule has 0 saturated heterocycles. The molecule has 0 spiro atoms. The smallest absolute Gasteiger partial charge is 0.404 e. The molecule has 0 aliphatic heterocycles. The van der Waals surface area contributed by atoms with Gasteiger partial charge in [-0.1, -0.05) is 30.3 Å². The lowest BCUT2D eigenvalue weighted by Crippen LogP contribution is -2.00. The van der Waals surface area contributed by atoms with Gasteiger partial charge in [-0.2, -0.15) is 0 Å². The Hall–Kier alpha value is -1.42. The Bertz CT molecular complexity index is 488. The largest absolute Gasteiger partial charge is 0.530 e. The molecule has 0 N–H and O–H groups in total. The first-order valence-corrected chi connectivity index (χ1v) is 8.39. The summed E-state index contributed by atoms with van der Waals surface area (Å²) in [4.78, 5) is 10.4. The van der Waals surface area contributed by atoms with Gasteiger partial charge in [-0.3, -0.25) is 9.05 Å². The van der Waals surface area contributed by atoms with Crippen molar-refractivity contribution in [1.82, 2.24) is 0 Å². The molecule has 0 radical (unpaired) electrons. The van der Waals surface area contributed by atoms with Crippen LogP contribution in [0, 0.1) is 0 Å². The lowest BCUT2D eigenvalue weighted by atomic mass is 10.1. The minimum atomic E-state index is -3.65. The summed E-state index contributed by atoms with van der Waals surface area (Å²) in [6.45, 7) is 3.86. The Kier molecular flexibility index (Phi) is 7.98. The molecule has 0 amide bonds. The lowest BCUT2D eigenvalue weighted by Gasteiger charge is -2.19. The zero-order chi connectivity index (χ0) is 15.6. The molecule has 1 aromatic rings. The zero-order valence-electron chi connectivity index (χ0n) is 12.4. The van der Waals surface area contributed by atoms with E-state index in [0.717, 1.165) is 11.8 Å². The van der Waals surface area contributed by atoms with Gasteiger partial charge in [0.05, 0.1) is 13.2 Å². The number of carbonyl (C=O) groups is 1. The summed E-state index contributed by atoms with van der Waals surface area (Å²) in [6, 6.07) is 9.22. The number of aldehydes is 1. The minimum absolute atomic E-state index is 0.216. The SMILES string of the molecule is CCOP(=O)(OCC)O/C(=C\CCC=O)c1ccccc1. The third-order valence-electron chi connectivity index (χ3n) is 2.46. The minimum Gasteiger partial charge on any atom is -0.404 e. The summed E-state index contributed by atoms with van der Waals surface area (Å²) in [6.07, 6.45) is 3.40. The molecule has 0 aliphatic rings. The average Bonchev–Trinajstić information content (AvgIpc) is 2.48. The molecule has 0 aliphatic carbocycles. The fourth-order valence-electron chi connectivity index (χ4n) is 1.62. The van der Waals surface area contributed by atoms with Crippen molar-refractivity contribution in [2.24, 2.45) is 0 Å². The molecule has 0 bridgehead atoms. The monoisotopic (exact) mass is 312 g/mol. The van der Waals surface area contributed by atoms with Crippen LogP contribution in [0.2, 0.25) is 0 Å². The van der Waals surface area contributed by atoms with Crippen LogP contribution >= 0.6 is 7.82 Å². The highest BCUT2D eigenvalue weighted by Crippen LogP contribution is 2.52. The summed E-state index contributed by atoms with van der Waals surface area (Å²) in [5.41, 5.74) is 0.753. The maximum atomic E-state index is 12.5.